The normalized spacial score (nSPS) is 27.7. The van der Waals surface area contributed by atoms with Gasteiger partial charge in [0.2, 0.25) is 5.78 Å². The number of carbonyl (C=O) groups is 2. The van der Waals surface area contributed by atoms with Crippen molar-refractivity contribution in [2.45, 2.75) is 98.8 Å². The van der Waals surface area contributed by atoms with Crippen LogP contribution in [0.4, 0.5) is 5.69 Å². The van der Waals surface area contributed by atoms with Crippen LogP contribution in [-0.2, 0) is 15.0 Å². The van der Waals surface area contributed by atoms with Crippen molar-refractivity contribution < 1.29 is 19.8 Å². The molecule has 1 fully saturated rings. The van der Waals surface area contributed by atoms with Crippen molar-refractivity contribution in [3.05, 3.63) is 63.6 Å². The molecule has 6 heteroatoms. The SMILES string of the molecule is CC(C)N1C2=CC(=O)/C(=C3/C(=O)C(c4cc5c(cc4O)N(C(C)C)C(C)C5(C)C)=C3O)C=C2C(C)(C)C1C. The maximum atomic E-state index is 13.5. The Balaban J connectivity index is 1.63. The maximum Gasteiger partial charge on any atom is 0.202 e. The third-order valence-electron chi connectivity index (χ3n) is 9.66. The number of hydrogen-bond donors (Lipinski definition) is 2. The number of aromatic hydroxyl groups is 1. The number of anilines is 1. The minimum absolute atomic E-state index is 0.0376. The molecular formula is C32H40N2O4. The molecule has 0 saturated carbocycles. The smallest absolute Gasteiger partial charge is 0.202 e. The van der Waals surface area contributed by atoms with Crippen molar-refractivity contribution in [2.75, 3.05) is 4.90 Å². The first-order valence-electron chi connectivity index (χ1n) is 13.7. The van der Waals surface area contributed by atoms with Gasteiger partial charge in [-0.05, 0) is 64.8 Å². The van der Waals surface area contributed by atoms with Crippen LogP contribution in [0.3, 0.4) is 0 Å². The highest BCUT2D eigenvalue weighted by atomic mass is 16.3. The lowest BCUT2D eigenvalue weighted by molar-refractivity contribution is -0.114. The number of likely N-dealkylation sites (tertiary alicyclic amines) is 1. The van der Waals surface area contributed by atoms with Crippen molar-refractivity contribution in [3.8, 4) is 5.75 Å². The summed E-state index contributed by atoms with van der Waals surface area (Å²) in [4.78, 5) is 31.4. The minimum Gasteiger partial charge on any atom is -0.507 e. The van der Waals surface area contributed by atoms with Crippen LogP contribution >= 0.6 is 0 Å². The first kappa shape index (κ1) is 26.3. The number of nitrogens with zero attached hydrogens (tertiary/aromatic N) is 2. The summed E-state index contributed by atoms with van der Waals surface area (Å²) in [5.74, 6) is -0.971. The Hall–Kier alpha value is -3.28. The second kappa shape index (κ2) is 8.11. The zero-order valence-corrected chi connectivity index (χ0v) is 24.2. The van der Waals surface area contributed by atoms with Crippen molar-refractivity contribution in [1.82, 2.24) is 4.90 Å². The van der Waals surface area contributed by atoms with Gasteiger partial charge < -0.3 is 20.0 Å². The first-order chi connectivity index (χ1) is 17.5. The van der Waals surface area contributed by atoms with Gasteiger partial charge >= 0.3 is 0 Å². The van der Waals surface area contributed by atoms with Crippen LogP contribution in [0.15, 0.2) is 52.5 Å². The lowest BCUT2D eigenvalue weighted by atomic mass is 9.74. The monoisotopic (exact) mass is 516 g/mol. The number of allylic oxidation sites excluding steroid dienone is 6. The molecular weight excluding hydrogens is 476 g/mol. The fourth-order valence-corrected chi connectivity index (χ4v) is 6.92. The zero-order valence-electron chi connectivity index (χ0n) is 24.2. The van der Waals surface area contributed by atoms with Gasteiger partial charge in [-0.1, -0.05) is 27.7 Å². The summed E-state index contributed by atoms with van der Waals surface area (Å²) in [5, 5.41) is 22.2. The molecule has 0 radical (unpaired) electrons. The van der Waals surface area contributed by atoms with Gasteiger partial charge in [-0.2, -0.15) is 0 Å². The highest BCUT2D eigenvalue weighted by Crippen LogP contribution is 2.53. The summed E-state index contributed by atoms with van der Waals surface area (Å²) >= 11 is 0. The summed E-state index contributed by atoms with van der Waals surface area (Å²) in [6.07, 6.45) is 3.41. The van der Waals surface area contributed by atoms with E-state index in [0.717, 1.165) is 22.5 Å². The van der Waals surface area contributed by atoms with Gasteiger partial charge in [0.05, 0.1) is 11.1 Å². The molecule has 6 nitrogen and oxygen atoms in total. The molecule has 2 aliphatic heterocycles. The van der Waals surface area contributed by atoms with Gasteiger partial charge in [0.15, 0.2) is 5.78 Å². The van der Waals surface area contributed by atoms with Crippen molar-refractivity contribution >= 4 is 22.8 Å². The van der Waals surface area contributed by atoms with Crippen LogP contribution in [0.25, 0.3) is 5.57 Å². The highest BCUT2D eigenvalue weighted by molar-refractivity contribution is 6.41. The Bertz CT molecular complexity index is 1420. The van der Waals surface area contributed by atoms with Gasteiger partial charge in [-0.15, -0.1) is 0 Å². The molecule has 0 bridgehead atoms. The molecule has 1 saturated heterocycles. The fraction of sp³-hybridized carbons (Fsp3) is 0.500. The third-order valence-corrected chi connectivity index (χ3v) is 9.66. The molecule has 0 aromatic heterocycles. The van der Waals surface area contributed by atoms with E-state index in [4.69, 9.17) is 0 Å². The van der Waals surface area contributed by atoms with Crippen molar-refractivity contribution in [1.29, 1.82) is 0 Å². The van der Waals surface area contributed by atoms with E-state index in [0.29, 0.717) is 5.56 Å². The van der Waals surface area contributed by atoms with Gasteiger partial charge in [0, 0.05) is 69.7 Å². The molecule has 2 N–H and O–H groups in total. The molecule has 1 aromatic rings. The van der Waals surface area contributed by atoms with E-state index in [-0.39, 0.29) is 69.0 Å². The van der Waals surface area contributed by atoms with Gasteiger partial charge in [0.25, 0.3) is 0 Å². The average molecular weight is 517 g/mol. The standard InChI is InChI=1S/C32H40N2O4/c1-15(2)33-17(5)31(7,8)21-11-19(25(35)13-23(21)33)27-29(37)28(30(27)38)20-12-22-24(14-26(20)36)34(16(3)4)18(6)32(22,9)10/h11-18,35,37H,1-10H3/b28-20+. The van der Waals surface area contributed by atoms with Crippen LogP contribution < -0.4 is 4.90 Å². The first-order valence-corrected chi connectivity index (χ1v) is 13.7. The third kappa shape index (κ3) is 3.25. The second-order valence-corrected chi connectivity index (χ2v) is 13.0. The van der Waals surface area contributed by atoms with E-state index in [1.807, 2.05) is 6.07 Å². The minimum atomic E-state index is -0.413. The number of rotatable bonds is 3. The summed E-state index contributed by atoms with van der Waals surface area (Å²) < 4.78 is 0. The van der Waals surface area contributed by atoms with Crippen LogP contribution in [0.5, 0.6) is 5.75 Å². The molecule has 1 aromatic carbocycles. The van der Waals surface area contributed by atoms with E-state index in [2.05, 4.69) is 79.0 Å². The number of fused-ring (bicyclic) bond motifs is 2. The van der Waals surface area contributed by atoms with Crippen molar-refractivity contribution in [3.63, 3.8) is 0 Å². The van der Waals surface area contributed by atoms with E-state index in [9.17, 15) is 19.8 Å². The fourth-order valence-electron chi connectivity index (χ4n) is 6.92. The van der Waals surface area contributed by atoms with E-state index in [1.54, 1.807) is 18.2 Å². The zero-order chi connectivity index (χ0) is 28.2. The van der Waals surface area contributed by atoms with Gasteiger partial charge in [-0.3, -0.25) is 9.59 Å². The Labute approximate surface area is 226 Å². The summed E-state index contributed by atoms with van der Waals surface area (Å²) in [6.45, 7) is 21.4. The van der Waals surface area contributed by atoms with E-state index >= 15 is 0 Å². The van der Waals surface area contributed by atoms with Crippen LogP contribution in [-0.4, -0.2) is 50.8 Å². The Morgan fingerprint density at radius 3 is 1.95 bits per heavy atom. The summed E-state index contributed by atoms with van der Waals surface area (Å²) in [7, 11) is 0. The summed E-state index contributed by atoms with van der Waals surface area (Å²) in [5.41, 5.74) is 4.06. The van der Waals surface area contributed by atoms with Crippen LogP contribution in [0.1, 0.15) is 80.4 Å². The number of carbonyl (C=O) groups excluding carboxylic acids is 2. The van der Waals surface area contributed by atoms with Crippen LogP contribution in [0, 0.1) is 5.41 Å². The topological polar surface area (TPSA) is 81.1 Å². The molecule has 4 aliphatic rings. The van der Waals surface area contributed by atoms with Crippen LogP contribution in [0.2, 0.25) is 0 Å². The summed E-state index contributed by atoms with van der Waals surface area (Å²) in [6, 6.07) is 4.38. The molecule has 38 heavy (non-hydrogen) atoms. The van der Waals surface area contributed by atoms with Gasteiger partial charge in [-0.25, -0.2) is 0 Å². The molecule has 2 atom stereocenters. The molecule has 5 rings (SSSR count). The van der Waals surface area contributed by atoms with E-state index < -0.39 is 5.78 Å². The molecule has 2 unspecified atom stereocenters. The number of Topliss-reactive ketones (excluding diaryl/α,β-unsaturated/α-hetero) is 1. The van der Waals surface area contributed by atoms with Gasteiger partial charge in [0.1, 0.15) is 11.5 Å². The van der Waals surface area contributed by atoms with E-state index in [1.165, 1.54) is 0 Å². The molecule has 2 aliphatic carbocycles. The Morgan fingerprint density at radius 2 is 1.39 bits per heavy atom. The number of hydrogen-bond acceptors (Lipinski definition) is 6. The predicted molar refractivity (Wildman–Crippen MR) is 151 cm³/mol. The quantitative estimate of drug-likeness (QED) is 0.482. The number of aliphatic hydroxyl groups excluding tert-OH is 1. The number of aliphatic hydroxyl groups is 1. The maximum absolute atomic E-state index is 13.5. The van der Waals surface area contributed by atoms with Crippen molar-refractivity contribution in [2.24, 2.45) is 5.41 Å². The average Bonchev–Trinajstić information content (AvgIpc) is 3.12. The lowest BCUT2D eigenvalue weighted by Gasteiger charge is -2.34. The number of benzene rings is 1. The molecule has 0 amide bonds. The second-order valence-electron chi connectivity index (χ2n) is 13.0. The molecule has 202 valence electrons. The number of phenolic OH excluding ortho intramolecular Hbond substituents is 1. The number of ketones is 2. The highest BCUT2D eigenvalue weighted by Gasteiger charge is 2.49. The number of phenols is 1. The molecule has 2 heterocycles. The Kier molecular flexibility index (Phi) is 5.62. The predicted octanol–water partition coefficient (Wildman–Crippen LogP) is 5.97. The lowest BCUT2D eigenvalue weighted by Crippen LogP contribution is -2.42. The Morgan fingerprint density at radius 1 is 0.816 bits per heavy atom. The largest absolute Gasteiger partial charge is 0.507 e. The molecule has 0 spiro atoms.